The third-order valence-corrected chi connectivity index (χ3v) is 4.96. The number of rotatable bonds is 3. The molecule has 0 saturated carbocycles. The standard InChI is InChI=1S/C21H21N3O2/c1-14-7-10-16(11-8-14)24-19(13-23(2)21(25)26)20-17-6-4-3-5-15(17)9-12-18(20)22-24/h3-8,10-11H,9,12-13H2,1-2H3,(H,25,26). The van der Waals surface area contributed by atoms with Crippen LogP contribution in [0.15, 0.2) is 48.5 Å². The molecule has 4 rings (SSSR count). The quantitative estimate of drug-likeness (QED) is 0.777. The molecule has 132 valence electrons. The number of aromatic nitrogens is 2. The van der Waals surface area contributed by atoms with E-state index in [-0.39, 0.29) is 0 Å². The Kier molecular flexibility index (Phi) is 3.99. The maximum atomic E-state index is 11.4. The van der Waals surface area contributed by atoms with E-state index in [1.807, 2.05) is 29.8 Å². The summed E-state index contributed by atoms with van der Waals surface area (Å²) in [4.78, 5) is 12.7. The minimum absolute atomic E-state index is 0.292. The van der Waals surface area contributed by atoms with Crippen LogP contribution >= 0.6 is 0 Å². The molecule has 2 aromatic carbocycles. The van der Waals surface area contributed by atoms with Crippen molar-refractivity contribution >= 4 is 6.09 Å². The summed E-state index contributed by atoms with van der Waals surface area (Å²) in [6.07, 6.45) is 0.886. The summed E-state index contributed by atoms with van der Waals surface area (Å²) in [6, 6.07) is 16.5. The predicted molar refractivity (Wildman–Crippen MR) is 101 cm³/mol. The molecule has 0 bridgehead atoms. The summed E-state index contributed by atoms with van der Waals surface area (Å²) >= 11 is 0. The minimum Gasteiger partial charge on any atom is -0.465 e. The van der Waals surface area contributed by atoms with E-state index >= 15 is 0 Å². The Hall–Kier alpha value is -3.08. The third-order valence-electron chi connectivity index (χ3n) is 4.96. The lowest BCUT2D eigenvalue weighted by atomic mass is 9.88. The smallest absolute Gasteiger partial charge is 0.407 e. The number of hydrogen-bond acceptors (Lipinski definition) is 2. The molecule has 1 N–H and O–H groups in total. The van der Waals surface area contributed by atoms with Crippen LogP contribution in [0.4, 0.5) is 4.79 Å². The Balaban J connectivity index is 1.92. The van der Waals surface area contributed by atoms with Crippen LogP contribution < -0.4 is 0 Å². The van der Waals surface area contributed by atoms with E-state index in [0.717, 1.165) is 35.5 Å². The van der Waals surface area contributed by atoms with E-state index in [4.69, 9.17) is 5.10 Å². The van der Waals surface area contributed by atoms with Crippen LogP contribution in [-0.2, 0) is 19.4 Å². The van der Waals surface area contributed by atoms with Crippen molar-refractivity contribution in [3.05, 3.63) is 71.0 Å². The zero-order valence-corrected chi connectivity index (χ0v) is 14.9. The zero-order valence-electron chi connectivity index (χ0n) is 14.9. The first-order chi connectivity index (χ1) is 12.5. The van der Waals surface area contributed by atoms with Crippen molar-refractivity contribution in [3.8, 4) is 16.8 Å². The number of amides is 1. The van der Waals surface area contributed by atoms with Crippen molar-refractivity contribution in [2.24, 2.45) is 0 Å². The van der Waals surface area contributed by atoms with Gasteiger partial charge in [-0.05, 0) is 43.0 Å². The first kappa shape index (κ1) is 16.4. The Labute approximate surface area is 152 Å². The molecule has 0 saturated heterocycles. The van der Waals surface area contributed by atoms with Crippen LogP contribution in [0.1, 0.15) is 22.5 Å². The molecule has 1 aliphatic carbocycles. The largest absolute Gasteiger partial charge is 0.465 e. The van der Waals surface area contributed by atoms with Gasteiger partial charge < -0.3 is 10.0 Å². The van der Waals surface area contributed by atoms with Crippen molar-refractivity contribution in [1.29, 1.82) is 0 Å². The average Bonchev–Trinajstić information content (AvgIpc) is 3.01. The Morgan fingerprint density at radius 2 is 1.88 bits per heavy atom. The topological polar surface area (TPSA) is 58.4 Å². The molecule has 3 aromatic rings. The van der Waals surface area contributed by atoms with Crippen LogP contribution in [0.2, 0.25) is 0 Å². The first-order valence-corrected chi connectivity index (χ1v) is 8.74. The molecule has 1 aliphatic rings. The van der Waals surface area contributed by atoms with Gasteiger partial charge in [-0.3, -0.25) is 0 Å². The Morgan fingerprint density at radius 3 is 2.62 bits per heavy atom. The maximum absolute atomic E-state index is 11.4. The number of carboxylic acid groups (broad SMARTS) is 1. The van der Waals surface area contributed by atoms with Crippen LogP contribution in [0.5, 0.6) is 0 Å². The van der Waals surface area contributed by atoms with Crippen LogP contribution in [0.3, 0.4) is 0 Å². The fourth-order valence-electron chi connectivity index (χ4n) is 3.56. The van der Waals surface area contributed by atoms with Crippen molar-refractivity contribution in [1.82, 2.24) is 14.7 Å². The molecule has 5 heteroatoms. The van der Waals surface area contributed by atoms with E-state index < -0.39 is 6.09 Å². The van der Waals surface area contributed by atoms with Crippen LogP contribution in [-0.4, -0.2) is 32.9 Å². The lowest BCUT2D eigenvalue weighted by Crippen LogP contribution is -2.25. The van der Waals surface area contributed by atoms with Gasteiger partial charge in [-0.25, -0.2) is 9.48 Å². The molecule has 5 nitrogen and oxygen atoms in total. The van der Waals surface area contributed by atoms with E-state index in [0.29, 0.717) is 6.54 Å². The maximum Gasteiger partial charge on any atom is 0.407 e. The molecule has 1 aromatic heterocycles. The average molecular weight is 347 g/mol. The summed E-state index contributed by atoms with van der Waals surface area (Å²) in [5, 5.41) is 14.2. The monoisotopic (exact) mass is 347 g/mol. The van der Waals surface area contributed by atoms with E-state index in [1.54, 1.807) is 7.05 Å². The Morgan fingerprint density at radius 1 is 1.15 bits per heavy atom. The molecule has 0 unspecified atom stereocenters. The highest BCUT2D eigenvalue weighted by molar-refractivity contribution is 5.75. The van der Waals surface area contributed by atoms with Gasteiger partial charge in [-0.1, -0.05) is 42.0 Å². The van der Waals surface area contributed by atoms with Crippen molar-refractivity contribution in [2.75, 3.05) is 7.05 Å². The lowest BCUT2D eigenvalue weighted by molar-refractivity contribution is 0.153. The summed E-state index contributed by atoms with van der Waals surface area (Å²) in [5.74, 6) is 0. The second kappa shape index (κ2) is 6.33. The second-order valence-electron chi connectivity index (χ2n) is 6.81. The summed E-state index contributed by atoms with van der Waals surface area (Å²) in [5.41, 5.74) is 7.64. The molecule has 0 fully saturated rings. The zero-order chi connectivity index (χ0) is 18.3. The molecule has 1 heterocycles. The summed E-state index contributed by atoms with van der Waals surface area (Å²) < 4.78 is 1.91. The minimum atomic E-state index is -0.945. The van der Waals surface area contributed by atoms with Crippen molar-refractivity contribution in [2.45, 2.75) is 26.3 Å². The molecule has 26 heavy (non-hydrogen) atoms. The number of hydrogen-bond donors (Lipinski definition) is 1. The number of fused-ring (bicyclic) bond motifs is 3. The predicted octanol–water partition coefficient (Wildman–Crippen LogP) is 4.06. The van der Waals surface area contributed by atoms with Gasteiger partial charge in [0.15, 0.2) is 0 Å². The Bertz CT molecular complexity index is 973. The normalized spacial score (nSPS) is 12.4. The molecule has 1 amide bonds. The van der Waals surface area contributed by atoms with Gasteiger partial charge >= 0.3 is 6.09 Å². The summed E-state index contributed by atoms with van der Waals surface area (Å²) in [6.45, 7) is 2.34. The number of nitrogens with zero attached hydrogens (tertiary/aromatic N) is 3. The molecular weight excluding hydrogens is 326 g/mol. The van der Waals surface area contributed by atoms with Crippen molar-refractivity contribution < 1.29 is 9.90 Å². The molecule has 0 radical (unpaired) electrons. The third kappa shape index (κ3) is 2.75. The molecule has 0 aliphatic heterocycles. The van der Waals surface area contributed by atoms with Crippen LogP contribution in [0, 0.1) is 6.92 Å². The van der Waals surface area contributed by atoms with Gasteiger partial charge in [-0.15, -0.1) is 0 Å². The number of aryl methyl sites for hydroxylation is 3. The first-order valence-electron chi connectivity index (χ1n) is 8.74. The van der Waals surface area contributed by atoms with E-state index in [1.165, 1.54) is 21.6 Å². The SMILES string of the molecule is Cc1ccc(-n2nc3c(c2CN(C)C(=O)O)-c2ccccc2CC3)cc1. The molecule has 0 atom stereocenters. The molecule has 0 spiro atoms. The van der Waals surface area contributed by atoms with E-state index in [2.05, 4.69) is 30.3 Å². The van der Waals surface area contributed by atoms with Gasteiger partial charge in [0.1, 0.15) is 0 Å². The van der Waals surface area contributed by atoms with Crippen LogP contribution in [0.25, 0.3) is 16.8 Å². The molecular formula is C21H21N3O2. The van der Waals surface area contributed by atoms with Gasteiger partial charge in [0.05, 0.1) is 23.6 Å². The highest BCUT2D eigenvalue weighted by atomic mass is 16.4. The van der Waals surface area contributed by atoms with Crippen molar-refractivity contribution in [3.63, 3.8) is 0 Å². The van der Waals surface area contributed by atoms with Gasteiger partial charge in [0.2, 0.25) is 0 Å². The van der Waals surface area contributed by atoms with E-state index in [9.17, 15) is 9.90 Å². The highest BCUT2D eigenvalue weighted by Gasteiger charge is 2.26. The van der Waals surface area contributed by atoms with Gasteiger partial charge in [0.25, 0.3) is 0 Å². The highest BCUT2D eigenvalue weighted by Crippen LogP contribution is 2.37. The number of carbonyl (C=O) groups is 1. The van der Waals surface area contributed by atoms with Gasteiger partial charge in [-0.2, -0.15) is 5.10 Å². The second-order valence-corrected chi connectivity index (χ2v) is 6.81. The number of benzene rings is 2. The fraction of sp³-hybridized carbons (Fsp3) is 0.238. The summed E-state index contributed by atoms with van der Waals surface area (Å²) in [7, 11) is 1.59. The lowest BCUT2D eigenvalue weighted by Gasteiger charge is -2.19. The fourth-order valence-corrected chi connectivity index (χ4v) is 3.56. The van der Waals surface area contributed by atoms with Gasteiger partial charge in [0, 0.05) is 12.6 Å².